The number of carbonyl (C=O) groups excluding carboxylic acids is 1. The number of amides is 2. The Morgan fingerprint density at radius 3 is 2.94 bits per heavy atom. The van der Waals surface area contributed by atoms with Gasteiger partial charge < -0.3 is 10.6 Å². The van der Waals surface area contributed by atoms with E-state index < -0.39 is 0 Å². The Hall–Kier alpha value is -1.81. The third-order valence-electron chi connectivity index (χ3n) is 2.90. The molecule has 0 saturated carbocycles. The lowest BCUT2D eigenvalue weighted by Crippen LogP contribution is -2.33. The van der Waals surface area contributed by atoms with Gasteiger partial charge in [-0.1, -0.05) is 29.8 Å². The average Bonchev–Trinajstić information content (AvgIpc) is 2.59. The molecule has 0 aromatic heterocycles. The third kappa shape index (κ3) is 2.11. The minimum Gasteiger partial charge on any atom is -0.385 e. The Kier molecular flexibility index (Phi) is 3.39. The number of benzene rings is 1. The number of halogens is 1. The number of rotatable bonds is 3. The fourth-order valence-electron chi connectivity index (χ4n) is 1.96. The van der Waals surface area contributed by atoms with Gasteiger partial charge in [-0.25, -0.2) is 4.79 Å². The third-order valence-corrected chi connectivity index (χ3v) is 3.31. The summed E-state index contributed by atoms with van der Waals surface area (Å²) in [5.41, 5.74) is 7.66. The van der Waals surface area contributed by atoms with Gasteiger partial charge in [-0.2, -0.15) is 4.99 Å². The van der Waals surface area contributed by atoms with Crippen molar-refractivity contribution in [3.8, 4) is 0 Å². The van der Waals surface area contributed by atoms with Crippen LogP contribution in [0.15, 0.2) is 35.8 Å². The van der Waals surface area contributed by atoms with E-state index in [0.717, 1.165) is 11.1 Å². The van der Waals surface area contributed by atoms with Gasteiger partial charge in [-0.15, -0.1) is 6.58 Å². The Morgan fingerprint density at radius 1 is 1.61 bits per heavy atom. The molecule has 1 aromatic rings. The fraction of sp³-hybridized carbons (Fsp3) is 0.231. The highest BCUT2D eigenvalue weighted by Crippen LogP contribution is 2.29. The number of urea groups is 1. The molecule has 2 amide bonds. The number of hydrogen-bond acceptors (Lipinski definition) is 2. The SMILES string of the molecule is C=CCN1C(=O)N=C(N)C1c1ccc(C)c(Cl)c1. The molecular formula is C13H14ClN3O. The number of aliphatic imine (C=N–C) groups is 1. The summed E-state index contributed by atoms with van der Waals surface area (Å²) in [6, 6.07) is 4.93. The normalized spacial score (nSPS) is 19.0. The van der Waals surface area contributed by atoms with Crippen LogP contribution >= 0.6 is 11.6 Å². The monoisotopic (exact) mass is 263 g/mol. The summed E-state index contributed by atoms with van der Waals surface area (Å²) in [6.45, 7) is 5.96. The van der Waals surface area contributed by atoms with Gasteiger partial charge in [0.1, 0.15) is 11.9 Å². The summed E-state index contributed by atoms with van der Waals surface area (Å²) in [7, 11) is 0. The maximum atomic E-state index is 11.7. The van der Waals surface area contributed by atoms with Crippen molar-refractivity contribution in [2.45, 2.75) is 13.0 Å². The molecule has 2 rings (SSSR count). The zero-order chi connectivity index (χ0) is 13.3. The molecule has 2 N–H and O–H groups in total. The van der Waals surface area contributed by atoms with Gasteiger partial charge >= 0.3 is 6.03 Å². The van der Waals surface area contributed by atoms with Crippen LogP contribution in [0, 0.1) is 6.92 Å². The highest BCUT2D eigenvalue weighted by atomic mass is 35.5. The van der Waals surface area contributed by atoms with Gasteiger partial charge in [0, 0.05) is 11.6 Å². The quantitative estimate of drug-likeness (QED) is 0.853. The van der Waals surface area contributed by atoms with Crippen molar-refractivity contribution in [3.63, 3.8) is 0 Å². The summed E-state index contributed by atoms with van der Waals surface area (Å²) in [4.78, 5) is 17.0. The van der Waals surface area contributed by atoms with Gasteiger partial charge in [0.2, 0.25) is 0 Å². The van der Waals surface area contributed by atoms with E-state index in [1.807, 2.05) is 25.1 Å². The molecule has 1 unspecified atom stereocenters. The Morgan fingerprint density at radius 2 is 2.33 bits per heavy atom. The van der Waals surface area contributed by atoms with Crippen molar-refractivity contribution in [1.82, 2.24) is 4.90 Å². The van der Waals surface area contributed by atoms with E-state index in [9.17, 15) is 4.79 Å². The fourth-order valence-corrected chi connectivity index (χ4v) is 2.15. The molecule has 18 heavy (non-hydrogen) atoms. The van der Waals surface area contributed by atoms with Crippen molar-refractivity contribution < 1.29 is 4.79 Å². The molecule has 4 nitrogen and oxygen atoms in total. The highest BCUT2D eigenvalue weighted by molar-refractivity contribution is 6.31. The van der Waals surface area contributed by atoms with E-state index in [1.165, 1.54) is 0 Å². The summed E-state index contributed by atoms with van der Waals surface area (Å²) in [5.74, 6) is 0.293. The Balaban J connectivity index is 2.40. The van der Waals surface area contributed by atoms with Crippen LogP contribution in [0.3, 0.4) is 0 Å². The predicted molar refractivity (Wildman–Crippen MR) is 72.9 cm³/mol. The van der Waals surface area contributed by atoms with Gasteiger partial charge in [0.05, 0.1) is 0 Å². The van der Waals surface area contributed by atoms with E-state index in [2.05, 4.69) is 11.6 Å². The highest BCUT2D eigenvalue weighted by Gasteiger charge is 2.33. The van der Waals surface area contributed by atoms with E-state index in [1.54, 1.807) is 11.0 Å². The number of hydrogen-bond donors (Lipinski definition) is 1. The smallest absolute Gasteiger partial charge is 0.346 e. The number of carbonyl (C=O) groups is 1. The topological polar surface area (TPSA) is 58.7 Å². The van der Waals surface area contributed by atoms with Gasteiger partial charge in [0.25, 0.3) is 0 Å². The number of amidine groups is 1. The standard InChI is InChI=1S/C13H14ClN3O/c1-3-6-17-11(12(15)16-13(17)18)9-5-4-8(2)10(14)7-9/h3-5,7,11H,1,6H2,2H3,(H2,15,16,18). The van der Waals surface area contributed by atoms with E-state index in [4.69, 9.17) is 17.3 Å². The van der Waals surface area contributed by atoms with Crippen LogP contribution in [0.2, 0.25) is 5.02 Å². The van der Waals surface area contributed by atoms with Crippen molar-refractivity contribution in [3.05, 3.63) is 47.0 Å². The Bertz CT molecular complexity index is 539. The minimum absolute atomic E-state index is 0.293. The van der Waals surface area contributed by atoms with Crippen molar-refractivity contribution in [2.75, 3.05) is 6.54 Å². The van der Waals surface area contributed by atoms with Crippen LogP contribution in [0.5, 0.6) is 0 Å². The molecule has 0 bridgehead atoms. The second-order valence-corrected chi connectivity index (χ2v) is 4.58. The molecule has 0 aliphatic carbocycles. The summed E-state index contributed by atoms with van der Waals surface area (Å²) >= 11 is 6.10. The van der Waals surface area contributed by atoms with Crippen LogP contribution in [0.25, 0.3) is 0 Å². The van der Waals surface area contributed by atoms with Crippen molar-refractivity contribution >= 4 is 23.5 Å². The molecule has 0 spiro atoms. The maximum absolute atomic E-state index is 11.7. The first kappa shape index (κ1) is 12.6. The molecule has 1 aliphatic rings. The second-order valence-electron chi connectivity index (χ2n) is 4.17. The van der Waals surface area contributed by atoms with Gasteiger partial charge in [0.15, 0.2) is 0 Å². The van der Waals surface area contributed by atoms with Crippen molar-refractivity contribution in [2.24, 2.45) is 10.7 Å². The van der Waals surface area contributed by atoms with Gasteiger partial charge in [-0.3, -0.25) is 0 Å². The molecule has 0 saturated heterocycles. The first-order valence-electron chi connectivity index (χ1n) is 5.56. The van der Waals surface area contributed by atoms with Crippen LogP contribution in [0.4, 0.5) is 4.79 Å². The predicted octanol–water partition coefficient (Wildman–Crippen LogP) is 2.67. The molecule has 1 heterocycles. The largest absolute Gasteiger partial charge is 0.385 e. The second kappa shape index (κ2) is 4.82. The van der Waals surface area contributed by atoms with Crippen LogP contribution in [-0.4, -0.2) is 23.3 Å². The molecule has 0 radical (unpaired) electrons. The van der Waals surface area contributed by atoms with E-state index in [0.29, 0.717) is 17.4 Å². The number of nitrogens with two attached hydrogens (primary N) is 1. The average molecular weight is 264 g/mol. The molecular weight excluding hydrogens is 250 g/mol. The Labute approximate surface area is 111 Å². The summed E-state index contributed by atoms with van der Waals surface area (Å²) in [6.07, 6.45) is 1.65. The first-order chi connectivity index (χ1) is 8.54. The number of aryl methyl sites for hydroxylation is 1. The molecule has 1 aliphatic heterocycles. The lowest BCUT2D eigenvalue weighted by Gasteiger charge is -2.23. The lowest BCUT2D eigenvalue weighted by molar-refractivity contribution is 0.213. The summed E-state index contributed by atoms with van der Waals surface area (Å²) in [5, 5.41) is 0.651. The maximum Gasteiger partial charge on any atom is 0.346 e. The molecule has 1 aromatic carbocycles. The van der Waals surface area contributed by atoms with E-state index >= 15 is 0 Å². The molecule has 94 valence electrons. The molecule has 0 fully saturated rings. The lowest BCUT2D eigenvalue weighted by atomic mass is 10.0. The van der Waals surface area contributed by atoms with Crippen molar-refractivity contribution in [1.29, 1.82) is 0 Å². The van der Waals surface area contributed by atoms with Crippen LogP contribution in [-0.2, 0) is 0 Å². The zero-order valence-corrected chi connectivity index (χ0v) is 10.8. The van der Waals surface area contributed by atoms with Crippen LogP contribution < -0.4 is 5.73 Å². The zero-order valence-electron chi connectivity index (χ0n) is 10.1. The van der Waals surface area contributed by atoms with E-state index in [-0.39, 0.29) is 12.1 Å². The molecule has 5 heteroatoms. The summed E-state index contributed by atoms with van der Waals surface area (Å²) < 4.78 is 0. The molecule has 1 atom stereocenters. The van der Waals surface area contributed by atoms with Gasteiger partial charge in [-0.05, 0) is 24.1 Å². The number of nitrogens with zero attached hydrogens (tertiary/aromatic N) is 2. The first-order valence-corrected chi connectivity index (χ1v) is 5.94. The van der Waals surface area contributed by atoms with Crippen LogP contribution in [0.1, 0.15) is 17.2 Å². The minimum atomic E-state index is -0.353.